The van der Waals surface area contributed by atoms with Gasteiger partial charge in [0, 0.05) is 48.2 Å². The summed E-state index contributed by atoms with van der Waals surface area (Å²) in [7, 11) is 0. The summed E-state index contributed by atoms with van der Waals surface area (Å²) in [6, 6.07) is 70.1. The third kappa shape index (κ3) is 6.19. The van der Waals surface area contributed by atoms with Crippen molar-refractivity contribution in [3.8, 4) is 77.9 Å². The van der Waals surface area contributed by atoms with Crippen LogP contribution in [-0.2, 0) is 0 Å². The lowest BCUT2D eigenvalue weighted by molar-refractivity contribution is 1.18. The number of nitrogens with zero attached hydrogens (tertiary/aromatic N) is 3. The standard InChI is InChI=1S/C51H33N3S/c1-6-17-34(18-7-1)44-33-45(54-51(53-44)38-25-14-5-15-26-38)41-28-16-27-39(31-41)40-29-30-43-42(32-40)50-47(48(52-43)36-21-10-3-11-22-36)46(35-19-8-2-9-20-35)49(55-50)37-23-12-4-13-24-37/h1-33H. The molecular formula is C51H33N3S. The minimum Gasteiger partial charge on any atom is -0.247 e. The van der Waals surface area contributed by atoms with Crippen molar-refractivity contribution in [3.63, 3.8) is 0 Å². The molecule has 0 aliphatic heterocycles. The molecule has 0 unspecified atom stereocenters. The molecule has 0 bridgehead atoms. The molecule has 3 nitrogen and oxygen atoms in total. The highest BCUT2D eigenvalue weighted by atomic mass is 32.1. The van der Waals surface area contributed by atoms with Crippen molar-refractivity contribution >= 4 is 32.3 Å². The highest BCUT2D eigenvalue weighted by Crippen LogP contribution is 2.50. The van der Waals surface area contributed by atoms with Crippen LogP contribution in [-0.4, -0.2) is 15.0 Å². The quantitative estimate of drug-likeness (QED) is 0.165. The van der Waals surface area contributed by atoms with E-state index in [0.29, 0.717) is 5.82 Å². The second-order valence-corrected chi connectivity index (χ2v) is 14.6. The number of hydrogen-bond donors (Lipinski definition) is 0. The Morgan fingerprint density at radius 2 is 0.855 bits per heavy atom. The number of benzene rings is 7. The van der Waals surface area contributed by atoms with Crippen LogP contribution in [0.2, 0.25) is 0 Å². The summed E-state index contributed by atoms with van der Waals surface area (Å²) >= 11 is 1.86. The summed E-state index contributed by atoms with van der Waals surface area (Å²) in [5, 5.41) is 2.32. The molecule has 0 saturated carbocycles. The molecule has 0 aliphatic rings. The van der Waals surface area contributed by atoms with Crippen LogP contribution in [0.1, 0.15) is 0 Å². The van der Waals surface area contributed by atoms with Crippen LogP contribution in [0.3, 0.4) is 0 Å². The largest absolute Gasteiger partial charge is 0.247 e. The number of fused-ring (bicyclic) bond motifs is 3. The van der Waals surface area contributed by atoms with Crippen LogP contribution in [0.15, 0.2) is 200 Å². The zero-order valence-corrected chi connectivity index (χ0v) is 30.6. The normalized spacial score (nSPS) is 11.3. The third-order valence-electron chi connectivity index (χ3n) is 10.1. The molecule has 0 N–H and O–H groups in total. The second-order valence-electron chi connectivity index (χ2n) is 13.6. The molecule has 0 saturated heterocycles. The zero-order chi connectivity index (χ0) is 36.6. The van der Waals surface area contributed by atoms with Gasteiger partial charge >= 0.3 is 0 Å². The summed E-state index contributed by atoms with van der Waals surface area (Å²) in [4.78, 5) is 16.8. The summed E-state index contributed by atoms with van der Waals surface area (Å²) in [6.45, 7) is 0. The van der Waals surface area contributed by atoms with Crippen LogP contribution < -0.4 is 0 Å². The maximum absolute atomic E-state index is 5.43. The predicted octanol–water partition coefficient (Wildman–Crippen LogP) is 13.9. The first-order valence-electron chi connectivity index (χ1n) is 18.4. The van der Waals surface area contributed by atoms with Crippen LogP contribution in [0, 0.1) is 0 Å². The Morgan fingerprint density at radius 1 is 0.345 bits per heavy atom. The van der Waals surface area contributed by atoms with E-state index in [0.717, 1.165) is 61.4 Å². The van der Waals surface area contributed by atoms with Gasteiger partial charge in [-0.25, -0.2) is 15.0 Å². The summed E-state index contributed by atoms with van der Waals surface area (Å²) in [6.07, 6.45) is 0. The van der Waals surface area contributed by atoms with Crippen LogP contribution in [0.5, 0.6) is 0 Å². The average molecular weight is 720 g/mol. The van der Waals surface area contributed by atoms with E-state index < -0.39 is 0 Å². The van der Waals surface area contributed by atoms with Gasteiger partial charge in [-0.2, -0.15) is 0 Å². The average Bonchev–Trinajstić information content (AvgIpc) is 3.69. The van der Waals surface area contributed by atoms with E-state index in [1.54, 1.807) is 0 Å². The van der Waals surface area contributed by atoms with E-state index in [-0.39, 0.29) is 0 Å². The zero-order valence-electron chi connectivity index (χ0n) is 29.8. The molecular weight excluding hydrogens is 687 g/mol. The SMILES string of the molecule is c1ccc(-c2cc(-c3cccc(-c4ccc5nc(-c6ccccc6)c6c(-c7ccccc7)c(-c7ccccc7)sc6c5c4)c3)nc(-c3ccccc3)n2)cc1. The van der Waals surface area contributed by atoms with Gasteiger partial charge in [-0.3, -0.25) is 0 Å². The molecule has 0 radical (unpaired) electrons. The summed E-state index contributed by atoms with van der Waals surface area (Å²) < 4.78 is 1.23. The van der Waals surface area contributed by atoms with Gasteiger partial charge in [-0.1, -0.05) is 176 Å². The topological polar surface area (TPSA) is 38.7 Å². The van der Waals surface area contributed by atoms with Gasteiger partial charge in [-0.05, 0) is 46.5 Å². The van der Waals surface area contributed by atoms with E-state index in [1.165, 1.54) is 31.7 Å². The molecule has 55 heavy (non-hydrogen) atoms. The van der Waals surface area contributed by atoms with Gasteiger partial charge in [0.05, 0.1) is 22.6 Å². The Kier molecular flexibility index (Phi) is 8.36. The lowest BCUT2D eigenvalue weighted by Crippen LogP contribution is -1.96. The van der Waals surface area contributed by atoms with Crippen LogP contribution in [0.25, 0.3) is 98.8 Å². The van der Waals surface area contributed by atoms with Gasteiger partial charge in [0.15, 0.2) is 5.82 Å². The highest BCUT2D eigenvalue weighted by Gasteiger charge is 2.23. The predicted molar refractivity (Wildman–Crippen MR) is 231 cm³/mol. The summed E-state index contributed by atoms with van der Waals surface area (Å²) in [5.41, 5.74) is 13.8. The fourth-order valence-corrected chi connectivity index (χ4v) is 8.78. The lowest BCUT2D eigenvalue weighted by Gasteiger charge is -2.12. The van der Waals surface area contributed by atoms with E-state index in [9.17, 15) is 0 Å². The van der Waals surface area contributed by atoms with Crippen molar-refractivity contribution in [2.45, 2.75) is 0 Å². The van der Waals surface area contributed by atoms with Crippen molar-refractivity contribution in [3.05, 3.63) is 200 Å². The monoisotopic (exact) mass is 719 g/mol. The minimum absolute atomic E-state index is 0.705. The Bertz CT molecular complexity index is 2890. The fraction of sp³-hybridized carbons (Fsp3) is 0. The first-order valence-corrected chi connectivity index (χ1v) is 19.3. The van der Waals surface area contributed by atoms with E-state index in [4.69, 9.17) is 15.0 Å². The van der Waals surface area contributed by atoms with E-state index >= 15 is 0 Å². The third-order valence-corrected chi connectivity index (χ3v) is 11.4. The van der Waals surface area contributed by atoms with Gasteiger partial charge in [0.1, 0.15) is 0 Å². The fourth-order valence-electron chi connectivity index (χ4n) is 7.42. The molecule has 7 aromatic carbocycles. The minimum atomic E-state index is 0.705. The number of aromatic nitrogens is 3. The lowest BCUT2D eigenvalue weighted by atomic mass is 9.94. The number of hydrogen-bond acceptors (Lipinski definition) is 4. The number of thiophene rings is 1. The molecule has 10 rings (SSSR count). The van der Waals surface area contributed by atoms with E-state index in [2.05, 4.69) is 164 Å². The highest BCUT2D eigenvalue weighted by molar-refractivity contribution is 7.24. The maximum Gasteiger partial charge on any atom is 0.160 e. The van der Waals surface area contributed by atoms with Crippen molar-refractivity contribution in [1.29, 1.82) is 0 Å². The summed E-state index contributed by atoms with van der Waals surface area (Å²) in [5.74, 6) is 0.705. The van der Waals surface area contributed by atoms with Gasteiger partial charge in [0.2, 0.25) is 0 Å². The first-order chi connectivity index (χ1) is 27.3. The van der Waals surface area contributed by atoms with Crippen LogP contribution in [0.4, 0.5) is 0 Å². The molecule has 258 valence electrons. The molecule has 0 atom stereocenters. The molecule has 4 heteroatoms. The maximum atomic E-state index is 5.43. The first kappa shape index (κ1) is 32.6. The number of pyridine rings is 1. The Labute approximate surface area is 323 Å². The molecule has 0 fully saturated rings. The van der Waals surface area contributed by atoms with Gasteiger partial charge in [-0.15, -0.1) is 11.3 Å². The molecule has 3 aromatic heterocycles. The van der Waals surface area contributed by atoms with Crippen molar-refractivity contribution in [2.75, 3.05) is 0 Å². The Balaban J connectivity index is 1.17. The molecule has 10 aromatic rings. The Hall–Kier alpha value is -7.01. The molecule has 0 spiro atoms. The van der Waals surface area contributed by atoms with Crippen molar-refractivity contribution < 1.29 is 0 Å². The van der Waals surface area contributed by atoms with Crippen LogP contribution >= 0.6 is 11.3 Å². The number of rotatable bonds is 7. The molecule has 0 aliphatic carbocycles. The second kappa shape index (κ2) is 14.1. The molecule has 0 amide bonds. The van der Waals surface area contributed by atoms with Gasteiger partial charge in [0.25, 0.3) is 0 Å². The Morgan fingerprint density at radius 3 is 1.51 bits per heavy atom. The van der Waals surface area contributed by atoms with E-state index in [1.807, 2.05) is 47.7 Å². The van der Waals surface area contributed by atoms with Crippen molar-refractivity contribution in [1.82, 2.24) is 15.0 Å². The molecule has 3 heterocycles. The smallest absolute Gasteiger partial charge is 0.160 e. The van der Waals surface area contributed by atoms with Gasteiger partial charge < -0.3 is 0 Å². The van der Waals surface area contributed by atoms with Crippen molar-refractivity contribution in [2.24, 2.45) is 0 Å².